The van der Waals surface area contributed by atoms with Gasteiger partial charge >= 0.3 is 12.1 Å². The highest BCUT2D eigenvalue weighted by Gasteiger charge is 2.23. The lowest BCUT2D eigenvalue weighted by molar-refractivity contribution is 0.0977. The number of halogens is 1. The fourth-order valence-corrected chi connectivity index (χ4v) is 2.32. The standard InChI is InChI=1S/C15H18ClN3O3/c1-22-15(21)19-10-8-18(9-11-19)14(20)17-7-6-12-4-2-3-5-13(12)16/h2-7H,8-11H2,1H3,(H,17,20)/b7-6+. The van der Waals surface area contributed by atoms with E-state index in [2.05, 4.69) is 10.1 Å². The van der Waals surface area contributed by atoms with Gasteiger partial charge in [0.1, 0.15) is 0 Å². The highest BCUT2D eigenvalue weighted by molar-refractivity contribution is 6.32. The van der Waals surface area contributed by atoms with Crippen LogP contribution in [0.2, 0.25) is 5.02 Å². The summed E-state index contributed by atoms with van der Waals surface area (Å²) in [4.78, 5) is 26.6. The van der Waals surface area contributed by atoms with Crippen LogP contribution in [-0.2, 0) is 4.74 Å². The van der Waals surface area contributed by atoms with Crippen LogP contribution in [-0.4, -0.2) is 55.2 Å². The Labute approximate surface area is 134 Å². The van der Waals surface area contributed by atoms with Crippen molar-refractivity contribution in [1.29, 1.82) is 0 Å². The molecule has 3 amide bonds. The molecular weight excluding hydrogens is 306 g/mol. The predicted molar refractivity (Wildman–Crippen MR) is 84.6 cm³/mol. The Morgan fingerprint density at radius 3 is 2.45 bits per heavy atom. The fraction of sp³-hybridized carbons (Fsp3) is 0.333. The summed E-state index contributed by atoms with van der Waals surface area (Å²) in [6.45, 7) is 1.88. The van der Waals surface area contributed by atoms with Gasteiger partial charge in [0.2, 0.25) is 0 Å². The maximum Gasteiger partial charge on any atom is 0.409 e. The molecule has 1 saturated heterocycles. The van der Waals surface area contributed by atoms with E-state index >= 15 is 0 Å². The van der Waals surface area contributed by atoms with Crippen LogP contribution in [0.1, 0.15) is 5.56 Å². The Bertz CT molecular complexity index is 569. The number of benzene rings is 1. The van der Waals surface area contributed by atoms with Crippen LogP contribution >= 0.6 is 11.6 Å². The summed E-state index contributed by atoms with van der Waals surface area (Å²) >= 11 is 6.02. The van der Waals surface area contributed by atoms with E-state index in [1.54, 1.807) is 28.1 Å². The van der Waals surface area contributed by atoms with E-state index < -0.39 is 0 Å². The molecule has 1 fully saturated rings. The second-order valence-corrected chi connectivity index (χ2v) is 5.16. The molecule has 7 heteroatoms. The fourth-order valence-electron chi connectivity index (χ4n) is 2.13. The van der Waals surface area contributed by atoms with Gasteiger partial charge in [-0.05, 0) is 17.7 Å². The largest absolute Gasteiger partial charge is 0.453 e. The summed E-state index contributed by atoms with van der Waals surface area (Å²) in [7, 11) is 1.35. The molecule has 0 saturated carbocycles. The molecule has 0 radical (unpaired) electrons. The second kappa shape index (κ2) is 7.70. The van der Waals surface area contributed by atoms with E-state index in [1.165, 1.54) is 7.11 Å². The zero-order valence-electron chi connectivity index (χ0n) is 12.3. The Morgan fingerprint density at radius 2 is 1.82 bits per heavy atom. The first-order valence-corrected chi connectivity index (χ1v) is 7.29. The average molecular weight is 324 g/mol. The number of carbonyl (C=O) groups excluding carboxylic acids is 2. The van der Waals surface area contributed by atoms with Gasteiger partial charge in [-0.25, -0.2) is 9.59 Å². The Morgan fingerprint density at radius 1 is 1.18 bits per heavy atom. The summed E-state index contributed by atoms with van der Waals surface area (Å²) in [5.74, 6) is 0. The highest BCUT2D eigenvalue weighted by atomic mass is 35.5. The van der Waals surface area contributed by atoms with Crippen molar-refractivity contribution in [3.8, 4) is 0 Å². The monoisotopic (exact) mass is 323 g/mol. The first-order valence-electron chi connectivity index (χ1n) is 6.91. The number of nitrogens with one attached hydrogen (secondary N) is 1. The average Bonchev–Trinajstić information content (AvgIpc) is 2.56. The number of hydrogen-bond donors (Lipinski definition) is 1. The predicted octanol–water partition coefficient (Wildman–Crippen LogP) is 2.40. The number of amides is 3. The molecule has 0 bridgehead atoms. The van der Waals surface area contributed by atoms with Gasteiger partial charge in [-0.2, -0.15) is 0 Å². The van der Waals surface area contributed by atoms with Crippen LogP contribution in [0, 0.1) is 0 Å². The molecule has 0 aliphatic carbocycles. The van der Waals surface area contributed by atoms with Crippen LogP contribution in [0.25, 0.3) is 6.08 Å². The van der Waals surface area contributed by atoms with Crippen molar-refractivity contribution in [2.24, 2.45) is 0 Å². The summed E-state index contributed by atoms with van der Waals surface area (Å²) in [6.07, 6.45) is 2.94. The number of rotatable bonds is 2. The molecule has 0 atom stereocenters. The molecular formula is C15H18ClN3O3. The summed E-state index contributed by atoms with van der Waals surface area (Å²) < 4.78 is 4.65. The quantitative estimate of drug-likeness (QED) is 0.909. The van der Waals surface area contributed by atoms with E-state index in [4.69, 9.17) is 11.6 Å². The first-order chi connectivity index (χ1) is 10.6. The van der Waals surface area contributed by atoms with E-state index in [0.29, 0.717) is 31.2 Å². The van der Waals surface area contributed by atoms with Gasteiger partial charge in [-0.3, -0.25) is 0 Å². The summed E-state index contributed by atoms with van der Waals surface area (Å²) in [5.41, 5.74) is 0.833. The van der Waals surface area contributed by atoms with Gasteiger partial charge in [-0.1, -0.05) is 29.8 Å². The molecule has 1 N–H and O–H groups in total. The van der Waals surface area contributed by atoms with Crippen LogP contribution in [0.5, 0.6) is 0 Å². The molecule has 1 heterocycles. The van der Waals surface area contributed by atoms with Crippen molar-refractivity contribution in [1.82, 2.24) is 15.1 Å². The third-order valence-corrected chi connectivity index (χ3v) is 3.72. The molecule has 118 valence electrons. The minimum atomic E-state index is -0.362. The number of hydrogen-bond acceptors (Lipinski definition) is 3. The lowest BCUT2D eigenvalue weighted by Crippen LogP contribution is -2.52. The van der Waals surface area contributed by atoms with Crippen molar-refractivity contribution >= 4 is 29.8 Å². The molecule has 1 aliphatic rings. The highest BCUT2D eigenvalue weighted by Crippen LogP contribution is 2.15. The Balaban J connectivity index is 1.81. The van der Waals surface area contributed by atoms with Gasteiger partial charge in [-0.15, -0.1) is 0 Å². The van der Waals surface area contributed by atoms with Gasteiger partial charge in [0.25, 0.3) is 0 Å². The topological polar surface area (TPSA) is 61.9 Å². The zero-order valence-corrected chi connectivity index (χ0v) is 13.0. The smallest absolute Gasteiger partial charge is 0.409 e. The maximum absolute atomic E-state index is 12.0. The third-order valence-electron chi connectivity index (χ3n) is 3.37. The van der Waals surface area contributed by atoms with Gasteiger partial charge in [0.15, 0.2) is 0 Å². The van der Waals surface area contributed by atoms with Crippen molar-refractivity contribution in [2.75, 3.05) is 33.3 Å². The molecule has 0 spiro atoms. The van der Waals surface area contributed by atoms with Gasteiger partial charge in [0.05, 0.1) is 7.11 Å². The molecule has 1 aromatic carbocycles. The molecule has 0 unspecified atom stereocenters. The lowest BCUT2D eigenvalue weighted by Gasteiger charge is -2.33. The molecule has 1 aromatic rings. The Hall–Kier alpha value is -2.21. The van der Waals surface area contributed by atoms with E-state index in [0.717, 1.165) is 5.56 Å². The van der Waals surface area contributed by atoms with Crippen LogP contribution < -0.4 is 5.32 Å². The maximum atomic E-state index is 12.0. The number of piperazine rings is 1. The molecule has 6 nitrogen and oxygen atoms in total. The van der Waals surface area contributed by atoms with Crippen LogP contribution in [0.15, 0.2) is 30.5 Å². The summed E-state index contributed by atoms with van der Waals surface area (Å²) in [6, 6.07) is 7.17. The Kier molecular flexibility index (Phi) is 5.66. The third kappa shape index (κ3) is 4.14. The SMILES string of the molecule is COC(=O)N1CCN(C(=O)N/C=C/c2ccccc2Cl)CC1. The van der Waals surface area contributed by atoms with E-state index in [1.807, 2.05) is 18.2 Å². The van der Waals surface area contributed by atoms with Crippen LogP contribution in [0.4, 0.5) is 9.59 Å². The normalized spacial score (nSPS) is 15.0. The van der Waals surface area contributed by atoms with Crippen molar-refractivity contribution in [2.45, 2.75) is 0 Å². The first kappa shape index (κ1) is 16.2. The van der Waals surface area contributed by atoms with Crippen molar-refractivity contribution in [3.63, 3.8) is 0 Å². The van der Waals surface area contributed by atoms with Crippen molar-refractivity contribution < 1.29 is 14.3 Å². The van der Waals surface area contributed by atoms with Gasteiger partial charge in [0, 0.05) is 37.4 Å². The van der Waals surface area contributed by atoms with E-state index in [9.17, 15) is 9.59 Å². The second-order valence-electron chi connectivity index (χ2n) is 4.75. The summed E-state index contributed by atoms with van der Waals surface area (Å²) in [5, 5.41) is 3.32. The minimum absolute atomic E-state index is 0.201. The van der Waals surface area contributed by atoms with Crippen LogP contribution in [0.3, 0.4) is 0 Å². The lowest BCUT2D eigenvalue weighted by atomic mass is 10.2. The minimum Gasteiger partial charge on any atom is -0.453 e. The molecule has 2 rings (SSSR count). The number of carbonyl (C=O) groups is 2. The molecule has 1 aliphatic heterocycles. The zero-order chi connectivity index (χ0) is 15.9. The molecule has 0 aromatic heterocycles. The van der Waals surface area contributed by atoms with E-state index in [-0.39, 0.29) is 12.1 Å². The number of methoxy groups -OCH3 is 1. The van der Waals surface area contributed by atoms with Gasteiger partial charge < -0.3 is 19.9 Å². The van der Waals surface area contributed by atoms with Crippen molar-refractivity contribution in [3.05, 3.63) is 41.1 Å². The number of urea groups is 1. The number of nitrogens with zero attached hydrogens (tertiary/aromatic N) is 2. The molecule has 22 heavy (non-hydrogen) atoms. The number of ether oxygens (including phenoxy) is 1.